The highest BCUT2D eigenvalue weighted by Crippen LogP contribution is 1.57. The molecule has 0 saturated heterocycles. The lowest BCUT2D eigenvalue weighted by molar-refractivity contribution is -0.990. The summed E-state index contributed by atoms with van der Waals surface area (Å²) < 4.78 is 0. The Morgan fingerprint density at radius 3 is 1.45 bits per heavy atom. The third-order valence-corrected chi connectivity index (χ3v) is 7.84. The highest BCUT2D eigenvalue weighted by atomic mass is 15.2. The van der Waals surface area contributed by atoms with Crippen LogP contribution in [0.4, 0.5) is 0 Å². The summed E-state index contributed by atoms with van der Waals surface area (Å²) in [4.78, 5) is 11.6. The van der Waals surface area contributed by atoms with Crippen molar-refractivity contribution in [3.8, 4) is 0 Å². The van der Waals surface area contributed by atoms with E-state index in [9.17, 15) is 0 Å². The lowest BCUT2D eigenvalue weighted by Gasteiger charge is -2.24. The van der Waals surface area contributed by atoms with Crippen LogP contribution in [0.3, 0.4) is 0 Å². The zero-order valence-electron chi connectivity index (χ0n) is 27.1. The Kier molecular flexibility index (Phi) is 25.2. The van der Waals surface area contributed by atoms with E-state index < -0.39 is 0 Å². The summed E-state index contributed by atoms with van der Waals surface area (Å²) in [6, 6.07) is 0. The second kappa shape index (κ2) is 25.5. The number of nitrogens with one attached hydrogen (secondary N) is 8. The Hall–Kier alpha value is -0.440. The number of hydrogen-bond donors (Lipinski definition) is 11. The molecule has 0 rings (SSSR count). The first-order valence-corrected chi connectivity index (χ1v) is 16.0. The number of nitrogens with two attached hydrogens (primary N) is 1. The molecular weight excluding hydrogens is 478 g/mol. The molecule has 0 aromatic rings. The molecule has 0 fully saturated rings. The van der Waals surface area contributed by atoms with E-state index in [0.29, 0.717) is 0 Å². The highest BCUT2D eigenvalue weighted by molar-refractivity contribution is 4.43. The van der Waals surface area contributed by atoms with Crippen molar-refractivity contribution < 1.29 is 51.1 Å². The summed E-state index contributed by atoms with van der Waals surface area (Å²) >= 11 is 0. The molecule has 38 heavy (non-hydrogen) atoms. The molecule has 5 unspecified atom stereocenters. The van der Waals surface area contributed by atoms with Gasteiger partial charge in [-0.25, -0.2) is 0 Å². The van der Waals surface area contributed by atoms with Gasteiger partial charge in [0.05, 0.1) is 62.4 Å². The van der Waals surface area contributed by atoms with Crippen LogP contribution in [-0.2, 0) is 0 Å². The van der Waals surface area contributed by atoms with Gasteiger partial charge in [-0.3, -0.25) is 0 Å². The smallest absolute Gasteiger partial charge is 0.127 e. The molecule has 5 atom stereocenters. The highest BCUT2D eigenvalue weighted by Gasteiger charge is 2.18. The molecular formula is C27H77N11+10. The van der Waals surface area contributed by atoms with Gasteiger partial charge in [-0.2, -0.15) is 0 Å². The SMILES string of the molecule is C[NH+](C)CC[NH+](C)CC[NH2+]CC[NH+](CC[NH+](C)CC[NH3+])CC[NH+](C)CC[NH+](CCNCC[NH3+])CC[NH+](C)C. The average Bonchev–Trinajstić information content (AvgIpc) is 2.87. The fraction of sp³-hybridized carbons (Fsp3) is 1.00. The minimum atomic E-state index is 0.975. The van der Waals surface area contributed by atoms with Crippen molar-refractivity contribution in [3.63, 3.8) is 0 Å². The quantitative estimate of drug-likeness (QED) is 0.0433. The van der Waals surface area contributed by atoms with Crippen LogP contribution in [0.5, 0.6) is 0 Å². The molecule has 0 radical (unpaired) electrons. The van der Waals surface area contributed by atoms with Gasteiger partial charge < -0.3 is 56.4 Å². The molecule has 0 aliphatic carbocycles. The molecule has 0 aliphatic rings. The minimum absolute atomic E-state index is 0.975. The van der Waals surface area contributed by atoms with E-state index in [2.05, 4.69) is 71.4 Å². The zero-order chi connectivity index (χ0) is 28.6. The van der Waals surface area contributed by atoms with Crippen molar-refractivity contribution in [1.29, 1.82) is 0 Å². The van der Waals surface area contributed by atoms with E-state index in [1.807, 2.05) is 0 Å². The van der Waals surface area contributed by atoms with Crippen LogP contribution in [0.25, 0.3) is 0 Å². The molecule has 0 aliphatic heterocycles. The monoisotopic (exact) mass is 556 g/mol. The molecule has 230 valence electrons. The largest absolute Gasteiger partial charge is 0.357 e. The van der Waals surface area contributed by atoms with Gasteiger partial charge in [-0.05, 0) is 0 Å². The predicted molar refractivity (Wildman–Crippen MR) is 156 cm³/mol. The molecule has 0 bridgehead atoms. The molecule has 0 saturated carbocycles. The van der Waals surface area contributed by atoms with Gasteiger partial charge >= 0.3 is 0 Å². The van der Waals surface area contributed by atoms with Crippen molar-refractivity contribution in [2.75, 3.05) is 180 Å². The van der Waals surface area contributed by atoms with Gasteiger partial charge in [0.2, 0.25) is 0 Å². The van der Waals surface area contributed by atoms with E-state index >= 15 is 0 Å². The predicted octanol–water partition coefficient (Wildman–Crippen LogP) is -14.8. The van der Waals surface area contributed by atoms with E-state index in [4.69, 9.17) is 0 Å². The Bertz CT molecular complexity index is 496. The maximum Gasteiger partial charge on any atom is 0.127 e. The minimum Gasteiger partial charge on any atom is -0.357 e. The second-order valence-corrected chi connectivity index (χ2v) is 12.6. The summed E-state index contributed by atoms with van der Waals surface area (Å²) in [5.41, 5.74) is 8.00. The third-order valence-electron chi connectivity index (χ3n) is 7.84. The third kappa shape index (κ3) is 24.6. The number of hydrogen-bond acceptors (Lipinski definition) is 1. The molecule has 0 heterocycles. The standard InChI is InChI=1S/C27H67N11/c1-32(2)18-20-35(6)15-11-31-13-17-38(25-21-34(5)14-9-29)27-23-36(7)22-26-37(24-19-33(3)4)16-12-30-10-8-28/h30-31H,8-29H2,1-7H3/p+10. The lowest BCUT2D eigenvalue weighted by Crippen LogP contribution is -3.25. The zero-order valence-corrected chi connectivity index (χ0v) is 27.1. The molecule has 0 aromatic heterocycles. The maximum absolute atomic E-state index is 4.05. The molecule has 0 amide bonds. The Morgan fingerprint density at radius 1 is 0.447 bits per heavy atom. The van der Waals surface area contributed by atoms with Crippen molar-refractivity contribution in [2.24, 2.45) is 0 Å². The van der Waals surface area contributed by atoms with Crippen LogP contribution >= 0.6 is 0 Å². The van der Waals surface area contributed by atoms with E-state index in [1.54, 1.807) is 34.3 Å². The van der Waals surface area contributed by atoms with Gasteiger partial charge in [-0.15, -0.1) is 0 Å². The van der Waals surface area contributed by atoms with Crippen LogP contribution in [0.15, 0.2) is 0 Å². The first kappa shape index (κ1) is 37.6. The summed E-state index contributed by atoms with van der Waals surface area (Å²) in [5, 5.41) is 6.11. The van der Waals surface area contributed by atoms with Crippen molar-refractivity contribution >= 4 is 0 Å². The van der Waals surface area contributed by atoms with Gasteiger partial charge in [0, 0.05) is 13.1 Å². The molecule has 11 nitrogen and oxygen atoms in total. The Labute approximate surface area is 236 Å². The van der Waals surface area contributed by atoms with Gasteiger partial charge in [0.25, 0.3) is 0 Å². The van der Waals surface area contributed by atoms with Crippen LogP contribution in [0.1, 0.15) is 0 Å². The van der Waals surface area contributed by atoms with Gasteiger partial charge in [-0.1, -0.05) is 0 Å². The van der Waals surface area contributed by atoms with Crippen molar-refractivity contribution in [3.05, 3.63) is 0 Å². The van der Waals surface area contributed by atoms with E-state index in [-0.39, 0.29) is 0 Å². The van der Waals surface area contributed by atoms with Crippen LogP contribution in [-0.4, -0.2) is 180 Å². The molecule has 0 spiro atoms. The second-order valence-electron chi connectivity index (χ2n) is 12.6. The van der Waals surface area contributed by atoms with Crippen LogP contribution < -0.4 is 56.4 Å². The van der Waals surface area contributed by atoms with Crippen LogP contribution in [0, 0.1) is 0 Å². The summed E-state index contributed by atoms with van der Waals surface area (Å²) in [6.07, 6.45) is 0. The van der Waals surface area contributed by atoms with Gasteiger partial charge in [0.1, 0.15) is 105 Å². The molecule has 16 N–H and O–H groups in total. The Morgan fingerprint density at radius 2 is 0.895 bits per heavy atom. The summed E-state index contributed by atoms with van der Waals surface area (Å²) in [7, 11) is 16.1. The topological polar surface area (TPSA) is 115 Å². The molecule has 0 aromatic carbocycles. The molecule has 11 heteroatoms. The number of rotatable bonds is 28. The normalized spacial score (nSPS) is 16.2. The fourth-order valence-electron chi connectivity index (χ4n) is 4.80. The van der Waals surface area contributed by atoms with Gasteiger partial charge in [0.15, 0.2) is 0 Å². The Balaban J connectivity index is 4.51. The number of quaternary nitrogens is 10. The van der Waals surface area contributed by atoms with E-state index in [1.165, 1.54) is 105 Å². The lowest BCUT2D eigenvalue weighted by atomic mass is 10.3. The average molecular weight is 556 g/mol. The number of likely N-dealkylation sites (N-methyl/N-ethyl adjacent to an activating group) is 5. The first-order chi connectivity index (χ1) is 18.2. The maximum atomic E-state index is 4.05. The van der Waals surface area contributed by atoms with Crippen molar-refractivity contribution in [1.82, 2.24) is 5.32 Å². The summed E-state index contributed by atoms with van der Waals surface area (Å²) in [6.45, 7) is 24.3. The first-order valence-electron chi connectivity index (χ1n) is 16.0. The van der Waals surface area contributed by atoms with Crippen LogP contribution in [0.2, 0.25) is 0 Å². The van der Waals surface area contributed by atoms with E-state index in [0.717, 1.165) is 26.2 Å². The van der Waals surface area contributed by atoms with Crippen molar-refractivity contribution in [2.45, 2.75) is 0 Å². The summed E-state index contributed by atoms with van der Waals surface area (Å²) in [5.74, 6) is 0. The fourth-order valence-corrected chi connectivity index (χ4v) is 4.80.